The first kappa shape index (κ1) is 22.1. The molecule has 1 fully saturated rings. The molecule has 0 bridgehead atoms. The molecule has 4 rings (SSSR count). The fraction of sp³-hybridized carbons (Fsp3) is 0.440. The maximum atomic E-state index is 12.5. The van der Waals surface area contributed by atoms with Crippen molar-refractivity contribution in [3.8, 4) is 5.75 Å². The van der Waals surface area contributed by atoms with Crippen molar-refractivity contribution in [1.82, 2.24) is 10.2 Å². The summed E-state index contributed by atoms with van der Waals surface area (Å²) in [6.45, 7) is 5.95. The van der Waals surface area contributed by atoms with E-state index in [1.807, 2.05) is 6.92 Å². The van der Waals surface area contributed by atoms with Crippen LogP contribution in [0.25, 0.3) is 0 Å². The fourth-order valence-corrected chi connectivity index (χ4v) is 4.56. The van der Waals surface area contributed by atoms with E-state index < -0.39 is 11.8 Å². The predicted octanol–water partition coefficient (Wildman–Crippen LogP) is 2.97. The molecular weight excluding hydrogens is 404 g/mol. The summed E-state index contributed by atoms with van der Waals surface area (Å²) < 4.78 is 5.40. The first-order chi connectivity index (χ1) is 15.5. The molecule has 2 aliphatic rings. The van der Waals surface area contributed by atoms with Gasteiger partial charge >= 0.3 is 11.8 Å². The molecule has 0 aromatic heterocycles. The van der Waals surface area contributed by atoms with E-state index in [1.54, 1.807) is 24.3 Å². The minimum absolute atomic E-state index is 0.0657. The lowest BCUT2D eigenvalue weighted by Crippen LogP contribution is -2.41. The molecule has 7 heteroatoms. The third-order valence-corrected chi connectivity index (χ3v) is 6.28. The average molecular weight is 437 g/mol. The molecule has 0 unspecified atom stereocenters. The number of likely N-dealkylation sites (N-methyl/N-ethyl adjacent to an activating group) is 1. The molecule has 2 aromatic rings. The second-order valence-electron chi connectivity index (χ2n) is 8.44. The first-order valence-electron chi connectivity index (χ1n) is 11.4. The summed E-state index contributed by atoms with van der Waals surface area (Å²) >= 11 is 0. The normalized spacial score (nSPS) is 16.5. The quantitative estimate of drug-likeness (QED) is 0.653. The Morgan fingerprint density at radius 1 is 1.03 bits per heavy atom. The second-order valence-corrected chi connectivity index (χ2v) is 8.44. The van der Waals surface area contributed by atoms with Gasteiger partial charge in [-0.3, -0.25) is 14.5 Å². The second kappa shape index (κ2) is 10.0. The average Bonchev–Trinajstić information content (AvgIpc) is 3.46. The number of benzene rings is 2. The van der Waals surface area contributed by atoms with E-state index in [0.717, 1.165) is 44.6 Å². The van der Waals surface area contributed by atoms with Crippen molar-refractivity contribution in [1.29, 1.82) is 0 Å². The predicted molar refractivity (Wildman–Crippen MR) is 126 cm³/mol. The smallest absolute Gasteiger partial charge is 0.313 e. The molecule has 7 nitrogen and oxygen atoms in total. The van der Waals surface area contributed by atoms with Crippen LogP contribution in [0.5, 0.6) is 5.75 Å². The zero-order chi connectivity index (χ0) is 22.5. The van der Waals surface area contributed by atoms with Crippen LogP contribution in [-0.2, 0) is 16.0 Å². The number of amides is 2. The van der Waals surface area contributed by atoms with E-state index in [4.69, 9.17) is 4.74 Å². The fourth-order valence-electron chi connectivity index (χ4n) is 4.56. The Morgan fingerprint density at radius 3 is 2.50 bits per heavy atom. The number of carbonyl (C=O) groups excluding carboxylic acids is 2. The summed E-state index contributed by atoms with van der Waals surface area (Å²) in [5, 5.41) is 5.52. The highest BCUT2D eigenvalue weighted by Gasteiger charge is 2.27. The van der Waals surface area contributed by atoms with E-state index in [1.165, 1.54) is 16.8 Å². The van der Waals surface area contributed by atoms with Crippen LogP contribution in [0.2, 0.25) is 0 Å². The number of carbonyl (C=O) groups is 2. The molecule has 0 saturated carbocycles. The van der Waals surface area contributed by atoms with Gasteiger partial charge < -0.3 is 20.3 Å². The minimum Gasteiger partial charge on any atom is -0.494 e. The Bertz CT molecular complexity index is 954. The minimum atomic E-state index is -0.662. The third-order valence-electron chi connectivity index (χ3n) is 6.28. The lowest BCUT2D eigenvalue weighted by molar-refractivity contribution is -0.136. The Hall–Kier alpha value is -3.06. The monoisotopic (exact) mass is 436 g/mol. The molecular formula is C25H32N4O3. The van der Waals surface area contributed by atoms with Crippen LogP contribution >= 0.6 is 0 Å². The Balaban J connectivity index is 1.39. The molecule has 1 saturated heterocycles. The van der Waals surface area contributed by atoms with Gasteiger partial charge in [0, 0.05) is 31.5 Å². The van der Waals surface area contributed by atoms with Crippen LogP contribution in [0.3, 0.4) is 0 Å². The van der Waals surface area contributed by atoms with Crippen molar-refractivity contribution in [2.45, 2.75) is 32.2 Å². The van der Waals surface area contributed by atoms with Gasteiger partial charge in [-0.1, -0.05) is 12.1 Å². The number of fused-ring (bicyclic) bond motifs is 1. The standard InChI is InChI=1S/C25H32N4O3/c1-3-32-21-9-7-20(8-10-21)27-25(31)24(30)26-17-23(29-13-4-5-14-29)18-6-11-22-19(16-18)12-15-28(22)2/h6-11,16,23H,3-5,12-15,17H2,1-2H3,(H,26,30)(H,27,31)/t23-/m1/s1. The number of likely N-dealkylation sites (tertiary alicyclic amines) is 1. The van der Waals surface area contributed by atoms with Gasteiger partial charge in [0.05, 0.1) is 12.6 Å². The van der Waals surface area contributed by atoms with Gasteiger partial charge in [0.25, 0.3) is 0 Å². The summed E-state index contributed by atoms with van der Waals surface area (Å²) in [5.41, 5.74) is 4.40. The van der Waals surface area contributed by atoms with Crippen molar-refractivity contribution in [2.75, 3.05) is 50.1 Å². The molecule has 170 valence electrons. The van der Waals surface area contributed by atoms with Crippen LogP contribution < -0.4 is 20.3 Å². The first-order valence-corrected chi connectivity index (χ1v) is 11.4. The number of nitrogens with one attached hydrogen (secondary N) is 2. The Kier molecular flexibility index (Phi) is 6.95. The largest absolute Gasteiger partial charge is 0.494 e. The summed E-state index contributed by atoms with van der Waals surface area (Å²) in [6.07, 6.45) is 3.37. The maximum Gasteiger partial charge on any atom is 0.313 e. The zero-order valence-electron chi connectivity index (χ0n) is 18.9. The highest BCUT2D eigenvalue weighted by atomic mass is 16.5. The number of anilines is 2. The summed E-state index contributed by atoms with van der Waals surface area (Å²) in [4.78, 5) is 29.6. The number of rotatable bonds is 7. The molecule has 0 radical (unpaired) electrons. The van der Waals surface area contributed by atoms with Gasteiger partial charge in [-0.25, -0.2) is 0 Å². The highest BCUT2D eigenvalue weighted by molar-refractivity contribution is 6.39. The molecule has 0 aliphatic carbocycles. The molecule has 2 amide bonds. The van der Waals surface area contributed by atoms with Crippen molar-refractivity contribution >= 4 is 23.2 Å². The van der Waals surface area contributed by atoms with Crippen molar-refractivity contribution in [3.05, 3.63) is 53.6 Å². The summed E-state index contributed by atoms with van der Waals surface area (Å²) in [5.74, 6) is -0.558. The van der Waals surface area contributed by atoms with Crippen LogP contribution in [0, 0.1) is 0 Å². The van der Waals surface area contributed by atoms with Gasteiger partial charge in [-0.15, -0.1) is 0 Å². The Morgan fingerprint density at radius 2 is 1.78 bits per heavy atom. The van der Waals surface area contributed by atoms with Crippen LogP contribution in [0.15, 0.2) is 42.5 Å². The topological polar surface area (TPSA) is 73.9 Å². The summed E-state index contributed by atoms with van der Waals surface area (Å²) in [6, 6.07) is 13.7. The van der Waals surface area contributed by atoms with Crippen LogP contribution in [-0.4, -0.2) is 56.5 Å². The molecule has 2 aliphatic heterocycles. The molecule has 2 heterocycles. The summed E-state index contributed by atoms with van der Waals surface area (Å²) in [7, 11) is 2.12. The lowest BCUT2D eigenvalue weighted by atomic mass is 10.0. The van der Waals surface area contributed by atoms with Crippen LogP contribution in [0.4, 0.5) is 11.4 Å². The van der Waals surface area contributed by atoms with Crippen LogP contribution in [0.1, 0.15) is 36.9 Å². The van der Waals surface area contributed by atoms with E-state index in [-0.39, 0.29) is 6.04 Å². The molecule has 2 N–H and O–H groups in total. The molecule has 32 heavy (non-hydrogen) atoms. The van der Waals surface area contributed by atoms with Crippen molar-refractivity contribution in [3.63, 3.8) is 0 Å². The van der Waals surface area contributed by atoms with E-state index >= 15 is 0 Å². The number of hydrogen-bond acceptors (Lipinski definition) is 5. The molecule has 2 aromatic carbocycles. The van der Waals surface area contributed by atoms with E-state index in [2.05, 4.69) is 45.7 Å². The van der Waals surface area contributed by atoms with Gasteiger partial charge in [-0.2, -0.15) is 0 Å². The van der Waals surface area contributed by atoms with Gasteiger partial charge in [0.2, 0.25) is 0 Å². The van der Waals surface area contributed by atoms with E-state index in [9.17, 15) is 9.59 Å². The maximum absolute atomic E-state index is 12.5. The van der Waals surface area contributed by atoms with E-state index in [0.29, 0.717) is 18.8 Å². The molecule has 1 atom stereocenters. The highest BCUT2D eigenvalue weighted by Crippen LogP contribution is 2.32. The number of hydrogen-bond donors (Lipinski definition) is 2. The van der Waals surface area contributed by atoms with Crippen molar-refractivity contribution in [2.24, 2.45) is 0 Å². The van der Waals surface area contributed by atoms with Gasteiger partial charge in [0.1, 0.15) is 5.75 Å². The Labute approximate surface area is 189 Å². The third kappa shape index (κ3) is 5.05. The van der Waals surface area contributed by atoms with Crippen molar-refractivity contribution < 1.29 is 14.3 Å². The lowest BCUT2D eigenvalue weighted by Gasteiger charge is -2.28. The van der Waals surface area contributed by atoms with Gasteiger partial charge in [-0.05, 0) is 80.7 Å². The SMILES string of the molecule is CCOc1ccc(NC(=O)C(=O)NC[C@H](c2ccc3c(c2)CCN3C)N2CCCC2)cc1. The molecule has 0 spiro atoms. The number of nitrogens with zero attached hydrogens (tertiary/aromatic N) is 2. The van der Waals surface area contributed by atoms with Gasteiger partial charge in [0.15, 0.2) is 0 Å². The zero-order valence-corrected chi connectivity index (χ0v) is 18.9. The number of ether oxygens (including phenoxy) is 1.